The first-order chi connectivity index (χ1) is 12.2. The first kappa shape index (κ1) is 17.3. The number of piperidine rings is 1. The molecular formula is C21H26N2O2. The molecule has 1 aliphatic rings. The molecule has 1 aliphatic heterocycles. The number of nitrogens with zero attached hydrogens (tertiary/aromatic N) is 1. The third-order valence-corrected chi connectivity index (χ3v) is 4.80. The van der Waals surface area contributed by atoms with E-state index in [0.29, 0.717) is 18.6 Å². The van der Waals surface area contributed by atoms with Gasteiger partial charge in [-0.2, -0.15) is 0 Å². The van der Waals surface area contributed by atoms with Crippen LogP contribution in [0.25, 0.3) is 0 Å². The summed E-state index contributed by atoms with van der Waals surface area (Å²) in [5.41, 5.74) is 2.14. The van der Waals surface area contributed by atoms with Gasteiger partial charge in [0.25, 0.3) is 0 Å². The number of hydrogen-bond acceptors (Lipinski definition) is 3. The third kappa shape index (κ3) is 4.99. The fourth-order valence-corrected chi connectivity index (χ4v) is 3.31. The molecule has 1 amide bonds. The first-order valence-electron chi connectivity index (χ1n) is 8.99. The molecule has 2 atom stereocenters. The van der Waals surface area contributed by atoms with Crippen LogP contribution in [0.1, 0.15) is 25.3 Å². The topological polar surface area (TPSA) is 41.6 Å². The zero-order valence-corrected chi connectivity index (χ0v) is 14.7. The van der Waals surface area contributed by atoms with Gasteiger partial charge in [-0.15, -0.1) is 0 Å². The van der Waals surface area contributed by atoms with E-state index in [-0.39, 0.29) is 6.09 Å². The van der Waals surface area contributed by atoms with Gasteiger partial charge in [-0.05, 0) is 43.4 Å². The van der Waals surface area contributed by atoms with E-state index in [0.717, 1.165) is 37.2 Å². The molecule has 0 bridgehead atoms. The van der Waals surface area contributed by atoms with Crippen LogP contribution in [0.15, 0.2) is 60.7 Å². The molecule has 0 aliphatic carbocycles. The number of para-hydroxylation sites is 1. The highest BCUT2D eigenvalue weighted by Gasteiger charge is 2.28. The van der Waals surface area contributed by atoms with Crippen molar-refractivity contribution in [2.24, 2.45) is 5.92 Å². The predicted octanol–water partition coefficient (Wildman–Crippen LogP) is 4.54. The van der Waals surface area contributed by atoms with Gasteiger partial charge in [0.1, 0.15) is 6.61 Å². The number of anilines is 1. The minimum absolute atomic E-state index is 0.208. The van der Waals surface area contributed by atoms with Crippen LogP contribution >= 0.6 is 0 Å². The highest BCUT2D eigenvalue weighted by molar-refractivity contribution is 5.67. The Balaban J connectivity index is 1.50. The summed E-state index contributed by atoms with van der Waals surface area (Å²) >= 11 is 0. The zero-order chi connectivity index (χ0) is 17.5. The van der Waals surface area contributed by atoms with Crippen LogP contribution in [0.3, 0.4) is 0 Å². The normalized spacial score (nSPS) is 18.4. The molecule has 1 fully saturated rings. The fourth-order valence-electron chi connectivity index (χ4n) is 3.31. The van der Waals surface area contributed by atoms with Crippen LogP contribution < -0.4 is 5.32 Å². The van der Waals surface area contributed by atoms with Crippen molar-refractivity contribution in [3.05, 3.63) is 66.2 Å². The Bertz CT molecular complexity index is 660. The summed E-state index contributed by atoms with van der Waals surface area (Å²) in [6, 6.07) is 20.3. The van der Waals surface area contributed by atoms with E-state index in [4.69, 9.17) is 4.74 Å². The Morgan fingerprint density at radius 1 is 1.16 bits per heavy atom. The molecular weight excluding hydrogens is 312 g/mol. The van der Waals surface area contributed by atoms with Gasteiger partial charge in [-0.1, -0.05) is 48.5 Å². The molecule has 1 unspecified atom stereocenters. The number of nitrogens with one attached hydrogen (secondary N) is 1. The number of likely N-dealkylation sites (tertiary alicyclic amines) is 1. The maximum absolute atomic E-state index is 12.4. The second-order valence-corrected chi connectivity index (χ2v) is 6.69. The number of carbonyl (C=O) groups excluding carboxylic acids is 1. The third-order valence-electron chi connectivity index (χ3n) is 4.80. The number of ether oxygens (including phenoxy) is 1. The number of carbonyl (C=O) groups is 1. The van der Waals surface area contributed by atoms with Gasteiger partial charge in [0.15, 0.2) is 0 Å². The Morgan fingerprint density at radius 3 is 2.56 bits per heavy atom. The molecule has 1 heterocycles. The van der Waals surface area contributed by atoms with E-state index in [9.17, 15) is 4.79 Å². The maximum atomic E-state index is 12.4. The number of rotatable bonds is 5. The first-order valence-corrected chi connectivity index (χ1v) is 8.99. The summed E-state index contributed by atoms with van der Waals surface area (Å²) in [5.74, 6) is 0.429. The van der Waals surface area contributed by atoms with Gasteiger partial charge < -0.3 is 15.0 Å². The molecule has 0 aromatic heterocycles. The number of amides is 1. The van der Waals surface area contributed by atoms with Crippen LogP contribution in [-0.4, -0.2) is 30.1 Å². The minimum atomic E-state index is -0.208. The summed E-state index contributed by atoms with van der Waals surface area (Å²) in [4.78, 5) is 14.2. The SMILES string of the molecule is CC(Nc1ccccc1)[C@@H]1CCCN(C(=O)OCc2ccccc2)C1. The average molecular weight is 338 g/mol. The molecule has 0 saturated carbocycles. The van der Waals surface area contributed by atoms with Gasteiger partial charge in [0, 0.05) is 24.8 Å². The molecule has 3 rings (SSSR count). The largest absolute Gasteiger partial charge is 0.445 e. The molecule has 0 spiro atoms. The van der Waals surface area contributed by atoms with Crippen LogP contribution in [-0.2, 0) is 11.3 Å². The van der Waals surface area contributed by atoms with Crippen LogP contribution in [0.4, 0.5) is 10.5 Å². The zero-order valence-electron chi connectivity index (χ0n) is 14.7. The summed E-state index contributed by atoms with van der Waals surface area (Å²) in [6.07, 6.45) is 1.94. The van der Waals surface area contributed by atoms with Crippen molar-refractivity contribution in [2.45, 2.75) is 32.4 Å². The van der Waals surface area contributed by atoms with Crippen LogP contribution in [0.5, 0.6) is 0 Å². The summed E-state index contributed by atoms with van der Waals surface area (Å²) in [6.45, 7) is 4.05. The van der Waals surface area contributed by atoms with Crippen LogP contribution in [0, 0.1) is 5.92 Å². The molecule has 2 aromatic carbocycles. The van der Waals surface area contributed by atoms with Gasteiger partial charge in [0.05, 0.1) is 0 Å². The standard InChI is InChI=1S/C21H26N2O2/c1-17(22-20-12-6-3-7-13-20)19-11-8-14-23(15-19)21(24)25-16-18-9-4-2-5-10-18/h2-7,9-10,12-13,17,19,22H,8,11,14-16H2,1H3/t17?,19-/m1/s1. The fraction of sp³-hybridized carbons (Fsp3) is 0.381. The van der Waals surface area contributed by atoms with Crippen molar-refractivity contribution in [3.63, 3.8) is 0 Å². The van der Waals surface area contributed by atoms with Crippen molar-refractivity contribution < 1.29 is 9.53 Å². The van der Waals surface area contributed by atoms with E-state index in [1.54, 1.807) is 0 Å². The van der Waals surface area contributed by atoms with E-state index >= 15 is 0 Å². The molecule has 4 nitrogen and oxygen atoms in total. The van der Waals surface area contributed by atoms with Crippen molar-refractivity contribution >= 4 is 11.8 Å². The van der Waals surface area contributed by atoms with Crippen molar-refractivity contribution in [3.8, 4) is 0 Å². The van der Waals surface area contributed by atoms with Gasteiger partial charge >= 0.3 is 6.09 Å². The summed E-state index contributed by atoms with van der Waals surface area (Å²) in [7, 11) is 0. The molecule has 2 aromatic rings. The second kappa shape index (κ2) is 8.56. The highest BCUT2D eigenvalue weighted by atomic mass is 16.6. The predicted molar refractivity (Wildman–Crippen MR) is 100 cm³/mol. The lowest BCUT2D eigenvalue weighted by Gasteiger charge is -2.35. The quantitative estimate of drug-likeness (QED) is 0.870. The smallest absolute Gasteiger partial charge is 0.410 e. The van der Waals surface area contributed by atoms with Gasteiger partial charge in [0.2, 0.25) is 0 Å². The molecule has 132 valence electrons. The average Bonchev–Trinajstić information content (AvgIpc) is 2.68. The monoisotopic (exact) mass is 338 g/mol. The maximum Gasteiger partial charge on any atom is 0.410 e. The lowest BCUT2D eigenvalue weighted by molar-refractivity contribution is 0.0773. The minimum Gasteiger partial charge on any atom is -0.445 e. The van der Waals surface area contributed by atoms with E-state index in [1.165, 1.54) is 0 Å². The second-order valence-electron chi connectivity index (χ2n) is 6.69. The van der Waals surface area contributed by atoms with Crippen LogP contribution in [0.2, 0.25) is 0 Å². The Kier molecular flexibility index (Phi) is 5.94. The van der Waals surface area contributed by atoms with Crippen molar-refractivity contribution in [2.75, 3.05) is 18.4 Å². The Labute approximate surface area is 149 Å². The molecule has 0 radical (unpaired) electrons. The summed E-state index contributed by atoms with van der Waals surface area (Å²) in [5, 5.41) is 3.55. The molecule has 1 N–H and O–H groups in total. The van der Waals surface area contributed by atoms with E-state index in [2.05, 4.69) is 24.4 Å². The Morgan fingerprint density at radius 2 is 1.84 bits per heavy atom. The molecule has 1 saturated heterocycles. The number of hydrogen-bond donors (Lipinski definition) is 1. The van der Waals surface area contributed by atoms with Crippen molar-refractivity contribution in [1.29, 1.82) is 0 Å². The van der Waals surface area contributed by atoms with E-state index in [1.807, 2.05) is 53.4 Å². The lowest BCUT2D eigenvalue weighted by Crippen LogP contribution is -2.44. The van der Waals surface area contributed by atoms with Gasteiger partial charge in [-0.25, -0.2) is 4.79 Å². The highest BCUT2D eigenvalue weighted by Crippen LogP contribution is 2.23. The molecule has 4 heteroatoms. The van der Waals surface area contributed by atoms with Crippen molar-refractivity contribution in [1.82, 2.24) is 4.90 Å². The van der Waals surface area contributed by atoms with Gasteiger partial charge in [-0.3, -0.25) is 0 Å². The van der Waals surface area contributed by atoms with E-state index < -0.39 is 0 Å². The lowest BCUT2D eigenvalue weighted by atomic mass is 9.91. The summed E-state index contributed by atoms with van der Waals surface area (Å²) < 4.78 is 5.48. The molecule has 25 heavy (non-hydrogen) atoms. The number of benzene rings is 2. The Hall–Kier alpha value is -2.49.